The van der Waals surface area contributed by atoms with Crippen molar-refractivity contribution in [3.05, 3.63) is 35.4 Å². The summed E-state index contributed by atoms with van der Waals surface area (Å²) in [4.78, 5) is 0. The number of hydrogen-bond donors (Lipinski definition) is 1. The molecule has 0 heterocycles. The molecular weight excluding hydrogens is 282 g/mol. The van der Waals surface area contributed by atoms with Gasteiger partial charge in [-0.05, 0) is 35.4 Å². The average Bonchev–Trinajstić information content (AvgIpc) is 2.33. The fourth-order valence-corrected chi connectivity index (χ4v) is 2.74. The van der Waals surface area contributed by atoms with Crippen LogP contribution in [0.1, 0.15) is 38.8 Å². The van der Waals surface area contributed by atoms with Crippen LogP contribution in [0.5, 0.6) is 0 Å². The minimum Gasteiger partial charge on any atom is -0.315 e. The van der Waals surface area contributed by atoms with Crippen molar-refractivity contribution in [3.8, 4) is 0 Å². The van der Waals surface area contributed by atoms with E-state index in [0.717, 1.165) is 13.0 Å². The molecule has 0 fully saturated rings. The Hall–Kier alpha value is -0.870. The van der Waals surface area contributed by atoms with Gasteiger partial charge >= 0.3 is 0 Å². The first-order valence-electron chi connectivity index (χ1n) is 7.56. The second-order valence-electron chi connectivity index (χ2n) is 7.09. The molecule has 1 rings (SSSR count). The first-order chi connectivity index (χ1) is 9.58. The highest BCUT2D eigenvalue weighted by molar-refractivity contribution is 7.90. The van der Waals surface area contributed by atoms with E-state index in [2.05, 4.69) is 57.3 Å². The predicted molar refractivity (Wildman–Crippen MR) is 90.6 cm³/mol. The Morgan fingerprint density at radius 2 is 1.71 bits per heavy atom. The predicted octanol–water partition coefficient (Wildman–Crippen LogP) is 2.80. The summed E-state index contributed by atoms with van der Waals surface area (Å²) >= 11 is 0. The first-order valence-corrected chi connectivity index (χ1v) is 9.62. The van der Waals surface area contributed by atoms with Crippen molar-refractivity contribution in [2.24, 2.45) is 5.92 Å². The molecule has 1 N–H and O–H groups in total. The summed E-state index contributed by atoms with van der Waals surface area (Å²) in [6.07, 6.45) is 2.28. The average molecular weight is 311 g/mol. The molecule has 3 nitrogen and oxygen atoms in total. The van der Waals surface area contributed by atoms with Crippen LogP contribution in [0.15, 0.2) is 24.3 Å². The molecule has 120 valence electrons. The molecule has 1 aromatic rings. The van der Waals surface area contributed by atoms with Crippen LogP contribution in [0, 0.1) is 5.92 Å². The molecule has 4 heteroatoms. The lowest BCUT2D eigenvalue weighted by atomic mass is 9.86. The zero-order chi connectivity index (χ0) is 16.1. The van der Waals surface area contributed by atoms with E-state index in [4.69, 9.17) is 0 Å². The third-order valence-corrected chi connectivity index (χ3v) is 4.49. The van der Waals surface area contributed by atoms with Crippen molar-refractivity contribution in [2.45, 2.75) is 39.5 Å². The van der Waals surface area contributed by atoms with Gasteiger partial charge in [0.2, 0.25) is 0 Å². The summed E-state index contributed by atoms with van der Waals surface area (Å²) in [7, 11) is -2.86. The van der Waals surface area contributed by atoms with Crippen molar-refractivity contribution >= 4 is 9.84 Å². The number of sulfone groups is 1. The summed E-state index contributed by atoms with van der Waals surface area (Å²) in [6, 6.07) is 8.82. The molecule has 0 spiro atoms. The standard InChI is InChI=1S/C17H29NO2S/c1-14(13-18-10-11-21(5,19)20)12-15-6-8-16(9-7-15)17(2,3)4/h6-9,14,18H,10-13H2,1-5H3/t14-/m1/s1. The molecule has 21 heavy (non-hydrogen) atoms. The fourth-order valence-electron chi connectivity index (χ4n) is 2.22. The van der Waals surface area contributed by atoms with Gasteiger partial charge < -0.3 is 5.32 Å². The van der Waals surface area contributed by atoms with E-state index < -0.39 is 9.84 Å². The van der Waals surface area contributed by atoms with Gasteiger partial charge in [0, 0.05) is 12.8 Å². The third kappa shape index (κ3) is 7.63. The number of hydrogen-bond acceptors (Lipinski definition) is 3. The molecule has 1 aromatic carbocycles. The topological polar surface area (TPSA) is 46.2 Å². The van der Waals surface area contributed by atoms with E-state index in [0.29, 0.717) is 12.5 Å². The summed E-state index contributed by atoms with van der Waals surface area (Å²) in [5.41, 5.74) is 2.88. The molecule has 0 aliphatic carbocycles. The third-order valence-electron chi connectivity index (χ3n) is 3.55. The maximum atomic E-state index is 11.0. The van der Waals surface area contributed by atoms with Crippen molar-refractivity contribution in [1.82, 2.24) is 5.32 Å². The number of rotatable bonds is 7. The lowest BCUT2D eigenvalue weighted by molar-refractivity contribution is 0.518. The van der Waals surface area contributed by atoms with Crippen LogP contribution in [0.3, 0.4) is 0 Å². The summed E-state index contributed by atoms with van der Waals surface area (Å²) in [5, 5.41) is 3.22. The highest BCUT2D eigenvalue weighted by Gasteiger charge is 2.13. The van der Waals surface area contributed by atoms with Crippen LogP contribution >= 0.6 is 0 Å². The van der Waals surface area contributed by atoms with Crippen molar-refractivity contribution in [2.75, 3.05) is 25.1 Å². The van der Waals surface area contributed by atoms with E-state index in [1.807, 2.05) is 0 Å². The SMILES string of the molecule is C[C@@H](CNCCS(C)(=O)=O)Cc1ccc(C(C)(C)C)cc1. The summed E-state index contributed by atoms with van der Waals surface area (Å²) < 4.78 is 22.1. The lowest BCUT2D eigenvalue weighted by Crippen LogP contribution is -2.27. The van der Waals surface area contributed by atoms with Crippen LogP contribution in [0.2, 0.25) is 0 Å². The van der Waals surface area contributed by atoms with Gasteiger partial charge in [0.15, 0.2) is 0 Å². The molecule has 0 aromatic heterocycles. The van der Waals surface area contributed by atoms with E-state index in [1.54, 1.807) is 0 Å². The van der Waals surface area contributed by atoms with Crippen LogP contribution in [-0.2, 0) is 21.7 Å². The fraction of sp³-hybridized carbons (Fsp3) is 0.647. The number of benzene rings is 1. The first kappa shape index (κ1) is 18.2. The van der Waals surface area contributed by atoms with Crippen LogP contribution < -0.4 is 5.32 Å². The Balaban J connectivity index is 2.39. The Morgan fingerprint density at radius 3 is 2.19 bits per heavy atom. The van der Waals surface area contributed by atoms with Crippen molar-refractivity contribution in [1.29, 1.82) is 0 Å². The van der Waals surface area contributed by atoms with Crippen molar-refractivity contribution < 1.29 is 8.42 Å². The van der Waals surface area contributed by atoms with Gasteiger partial charge in [-0.1, -0.05) is 52.0 Å². The zero-order valence-corrected chi connectivity index (χ0v) is 14.8. The molecular formula is C17H29NO2S. The molecule has 0 amide bonds. The maximum Gasteiger partial charge on any atom is 0.148 e. The molecule has 0 unspecified atom stereocenters. The quantitative estimate of drug-likeness (QED) is 0.788. The Morgan fingerprint density at radius 1 is 1.14 bits per heavy atom. The molecule has 0 aliphatic heterocycles. The van der Waals surface area contributed by atoms with E-state index in [1.165, 1.54) is 17.4 Å². The van der Waals surface area contributed by atoms with Gasteiger partial charge in [-0.3, -0.25) is 0 Å². The van der Waals surface area contributed by atoms with Crippen LogP contribution in [0.25, 0.3) is 0 Å². The Labute approximate surface area is 130 Å². The van der Waals surface area contributed by atoms with Gasteiger partial charge in [-0.2, -0.15) is 0 Å². The van der Waals surface area contributed by atoms with Gasteiger partial charge in [0.25, 0.3) is 0 Å². The van der Waals surface area contributed by atoms with Crippen molar-refractivity contribution in [3.63, 3.8) is 0 Å². The van der Waals surface area contributed by atoms with Gasteiger partial charge in [0.1, 0.15) is 9.84 Å². The normalized spacial score (nSPS) is 14.1. The minimum atomic E-state index is -2.86. The highest BCUT2D eigenvalue weighted by Crippen LogP contribution is 2.22. The van der Waals surface area contributed by atoms with Gasteiger partial charge in [-0.25, -0.2) is 8.42 Å². The second-order valence-corrected chi connectivity index (χ2v) is 9.35. The zero-order valence-electron chi connectivity index (χ0n) is 13.9. The van der Waals surface area contributed by atoms with Crippen LogP contribution in [0.4, 0.5) is 0 Å². The summed E-state index contributed by atoms with van der Waals surface area (Å²) in [6.45, 7) is 10.2. The van der Waals surface area contributed by atoms with E-state index in [9.17, 15) is 8.42 Å². The highest BCUT2D eigenvalue weighted by atomic mass is 32.2. The second kappa shape index (κ2) is 7.41. The molecule has 0 saturated heterocycles. The Kier molecular flexibility index (Phi) is 6.41. The Bertz CT molecular complexity index is 527. The largest absolute Gasteiger partial charge is 0.315 e. The van der Waals surface area contributed by atoms with Crippen LogP contribution in [-0.4, -0.2) is 33.5 Å². The molecule has 0 bridgehead atoms. The lowest BCUT2D eigenvalue weighted by Gasteiger charge is -2.19. The monoisotopic (exact) mass is 311 g/mol. The van der Waals surface area contributed by atoms with E-state index >= 15 is 0 Å². The minimum absolute atomic E-state index is 0.192. The van der Waals surface area contributed by atoms with E-state index in [-0.39, 0.29) is 11.2 Å². The molecule has 0 radical (unpaired) electrons. The maximum absolute atomic E-state index is 11.0. The van der Waals surface area contributed by atoms with Gasteiger partial charge in [0.05, 0.1) is 5.75 Å². The molecule has 1 atom stereocenters. The molecule has 0 aliphatic rings. The number of nitrogens with one attached hydrogen (secondary N) is 1. The molecule has 0 saturated carbocycles. The summed E-state index contributed by atoms with van der Waals surface area (Å²) in [5.74, 6) is 0.699. The van der Waals surface area contributed by atoms with Gasteiger partial charge in [-0.15, -0.1) is 0 Å². The smallest absolute Gasteiger partial charge is 0.148 e.